The van der Waals surface area contributed by atoms with Crippen LogP contribution in [0.4, 0.5) is 0 Å². The van der Waals surface area contributed by atoms with Gasteiger partial charge in [-0.1, -0.05) is 229 Å². The minimum absolute atomic E-state index is 0.00814. The summed E-state index contributed by atoms with van der Waals surface area (Å²) < 4.78 is 16.7. The van der Waals surface area contributed by atoms with E-state index in [4.69, 9.17) is 14.2 Å². The third-order valence-corrected chi connectivity index (χ3v) is 14.5. The lowest BCUT2D eigenvalue weighted by Crippen LogP contribution is -2.60. The number of hydrogen-bond acceptors (Lipinski definition) is 10. The van der Waals surface area contributed by atoms with Gasteiger partial charge in [-0.25, -0.2) is 0 Å². The lowest BCUT2D eigenvalue weighted by atomic mass is 9.99. The van der Waals surface area contributed by atoms with Gasteiger partial charge in [0.25, 0.3) is 0 Å². The number of rotatable bonds is 54. The van der Waals surface area contributed by atoms with Crippen LogP contribution in [0.1, 0.15) is 277 Å². The number of ether oxygens (including phenoxy) is 3. The highest BCUT2D eigenvalue weighted by molar-refractivity contribution is 5.76. The summed E-state index contributed by atoms with van der Waals surface area (Å²) in [6, 6.07) is -0.836. The molecule has 0 aliphatic carbocycles. The van der Waals surface area contributed by atoms with Crippen molar-refractivity contribution in [3.63, 3.8) is 0 Å². The van der Waals surface area contributed by atoms with Gasteiger partial charge in [-0.05, 0) is 96.3 Å². The van der Waals surface area contributed by atoms with Crippen LogP contribution in [0, 0.1) is 0 Å². The second-order valence-corrected chi connectivity index (χ2v) is 21.7. The summed E-state index contributed by atoms with van der Waals surface area (Å²) in [5.41, 5.74) is 0. The van der Waals surface area contributed by atoms with Crippen molar-refractivity contribution in [3.8, 4) is 0 Å². The van der Waals surface area contributed by atoms with Crippen LogP contribution in [0.3, 0.4) is 0 Å². The van der Waals surface area contributed by atoms with Gasteiger partial charge in [0.2, 0.25) is 5.91 Å². The average molecular weight is 1070 g/mol. The summed E-state index contributed by atoms with van der Waals surface area (Å²) in [7, 11) is 0. The summed E-state index contributed by atoms with van der Waals surface area (Å²) in [6.45, 7) is 4.21. The van der Waals surface area contributed by atoms with Gasteiger partial charge in [0.05, 0.1) is 32.0 Å². The number of unbranched alkanes of at least 4 members (excludes halogenated alkanes) is 32. The van der Waals surface area contributed by atoms with Crippen LogP contribution in [0.5, 0.6) is 0 Å². The normalized spacial score (nSPS) is 19.1. The van der Waals surface area contributed by atoms with Gasteiger partial charge in [0.1, 0.15) is 24.4 Å². The largest absolute Gasteiger partial charge is 0.466 e. The van der Waals surface area contributed by atoms with Crippen molar-refractivity contribution < 1.29 is 49.3 Å². The van der Waals surface area contributed by atoms with E-state index in [1.807, 2.05) is 6.08 Å². The van der Waals surface area contributed by atoms with E-state index in [9.17, 15) is 35.1 Å². The quantitative estimate of drug-likeness (QED) is 0.0195. The summed E-state index contributed by atoms with van der Waals surface area (Å²) in [5, 5.41) is 54.3. The van der Waals surface area contributed by atoms with Crippen LogP contribution in [-0.2, 0) is 23.8 Å². The van der Waals surface area contributed by atoms with Crippen LogP contribution in [0.15, 0.2) is 60.8 Å². The zero-order valence-corrected chi connectivity index (χ0v) is 48.7. The maximum atomic E-state index is 13.0. The molecule has 0 aromatic heterocycles. The Balaban J connectivity index is 2.02. The lowest BCUT2D eigenvalue weighted by Gasteiger charge is -2.40. The number of aliphatic hydroxyl groups excluding tert-OH is 5. The molecule has 0 spiro atoms. The second kappa shape index (κ2) is 54.3. The van der Waals surface area contributed by atoms with Gasteiger partial charge in [-0.3, -0.25) is 9.59 Å². The predicted molar refractivity (Wildman–Crippen MR) is 315 cm³/mol. The summed E-state index contributed by atoms with van der Waals surface area (Å²) >= 11 is 0. The van der Waals surface area contributed by atoms with E-state index in [2.05, 4.69) is 67.8 Å². The first kappa shape index (κ1) is 71.4. The first-order valence-corrected chi connectivity index (χ1v) is 31.6. The molecule has 0 aromatic carbocycles. The molecule has 442 valence electrons. The Morgan fingerprint density at radius 1 is 0.474 bits per heavy atom. The fourth-order valence-corrected chi connectivity index (χ4v) is 9.51. The van der Waals surface area contributed by atoms with Crippen LogP contribution < -0.4 is 5.32 Å². The number of carbonyl (C=O) groups is 2. The molecule has 11 nitrogen and oxygen atoms in total. The van der Waals surface area contributed by atoms with E-state index < -0.39 is 49.5 Å². The zero-order chi connectivity index (χ0) is 55.2. The van der Waals surface area contributed by atoms with Crippen molar-refractivity contribution >= 4 is 11.9 Å². The molecule has 0 saturated carbocycles. The highest BCUT2D eigenvalue weighted by atomic mass is 16.7. The minimum Gasteiger partial charge on any atom is -0.466 e. The van der Waals surface area contributed by atoms with Crippen molar-refractivity contribution in [2.75, 3.05) is 19.8 Å². The first-order chi connectivity index (χ1) is 37.2. The molecule has 1 heterocycles. The Bertz CT molecular complexity index is 1450. The number of esters is 1. The molecule has 7 unspecified atom stereocenters. The molecule has 1 saturated heterocycles. The van der Waals surface area contributed by atoms with Crippen LogP contribution in [0.2, 0.25) is 0 Å². The van der Waals surface area contributed by atoms with Crippen molar-refractivity contribution in [2.45, 2.75) is 320 Å². The number of carbonyl (C=O) groups excluding carboxylic acids is 2. The van der Waals surface area contributed by atoms with E-state index in [-0.39, 0.29) is 18.5 Å². The molecular weight excluding hydrogens is 955 g/mol. The molecule has 7 atom stereocenters. The summed E-state index contributed by atoms with van der Waals surface area (Å²) in [4.78, 5) is 25.0. The topological polar surface area (TPSA) is 175 Å². The molecule has 0 aromatic rings. The molecule has 11 heteroatoms. The van der Waals surface area contributed by atoms with E-state index in [0.29, 0.717) is 19.4 Å². The molecule has 1 rings (SSSR count). The Morgan fingerprint density at radius 2 is 0.882 bits per heavy atom. The highest BCUT2D eigenvalue weighted by Crippen LogP contribution is 2.23. The SMILES string of the molecule is CCC/C=C/CC/C=C/CC/C=C/C(O)C(COC1OC(CO)C(O)C(O)C1O)NC(=O)CCCCCCCCCCCC/C=C\CCCCCCCCCCCCCCOC(=O)CCCCCCC/C=C\CCCC. The fraction of sp³-hybridized carbons (Fsp3) is 0.815. The maximum absolute atomic E-state index is 13.0. The molecule has 76 heavy (non-hydrogen) atoms. The molecular formula is C65H117NO10. The molecule has 0 radical (unpaired) electrons. The van der Waals surface area contributed by atoms with Crippen LogP contribution in [-0.4, -0.2) is 100 Å². The summed E-state index contributed by atoms with van der Waals surface area (Å²) in [6.07, 6.45) is 60.5. The number of amides is 1. The Kier molecular flexibility index (Phi) is 51.0. The number of aliphatic hydroxyl groups is 5. The fourth-order valence-electron chi connectivity index (χ4n) is 9.51. The van der Waals surface area contributed by atoms with Crippen LogP contribution in [0.25, 0.3) is 0 Å². The molecule has 0 bridgehead atoms. The monoisotopic (exact) mass is 1070 g/mol. The lowest BCUT2D eigenvalue weighted by molar-refractivity contribution is -0.302. The van der Waals surface area contributed by atoms with Gasteiger partial charge in [-0.2, -0.15) is 0 Å². The minimum atomic E-state index is -1.58. The van der Waals surface area contributed by atoms with Gasteiger partial charge in [0, 0.05) is 12.8 Å². The van der Waals surface area contributed by atoms with Gasteiger partial charge in [-0.15, -0.1) is 0 Å². The standard InChI is InChI=1S/C65H117NO10/c1-3-5-7-9-11-13-31-35-39-43-47-51-58(68)57(56-75-65-64(73)63(72)62(71)59(55-67)76-65)66-60(69)52-48-44-40-36-33-29-27-25-23-21-19-17-15-16-18-20-22-24-26-28-30-34-38-42-46-50-54-74-61(70)53-49-45-41-37-32-14-12-10-8-6-4-2/h7,9-10,12,15,17,31,35,47,51,57-59,62-65,67-68,71-73H,3-6,8,11,13-14,16,18-30,32-34,36-46,48-50,52-56H2,1-2H3,(H,66,69)/b9-7+,12-10-,17-15-,35-31+,51-47+. The smallest absolute Gasteiger partial charge is 0.305 e. The molecule has 6 N–H and O–H groups in total. The van der Waals surface area contributed by atoms with Gasteiger partial charge < -0.3 is 45.1 Å². The molecule has 1 aliphatic heterocycles. The average Bonchev–Trinajstić information content (AvgIpc) is 3.42. The van der Waals surface area contributed by atoms with Crippen molar-refractivity contribution in [1.29, 1.82) is 0 Å². The van der Waals surface area contributed by atoms with E-state index in [0.717, 1.165) is 83.5 Å². The molecule has 1 amide bonds. The number of hydrogen-bond donors (Lipinski definition) is 6. The Morgan fingerprint density at radius 3 is 1.36 bits per heavy atom. The Hall–Kier alpha value is -2.64. The molecule has 1 fully saturated rings. The van der Waals surface area contributed by atoms with Crippen molar-refractivity contribution in [1.82, 2.24) is 5.32 Å². The zero-order valence-electron chi connectivity index (χ0n) is 48.7. The first-order valence-electron chi connectivity index (χ1n) is 31.6. The predicted octanol–water partition coefficient (Wildman–Crippen LogP) is 15.0. The van der Waals surface area contributed by atoms with Crippen molar-refractivity contribution in [3.05, 3.63) is 60.8 Å². The third kappa shape index (κ3) is 43.3. The van der Waals surface area contributed by atoms with E-state index in [1.54, 1.807) is 6.08 Å². The van der Waals surface area contributed by atoms with E-state index in [1.165, 1.54) is 167 Å². The van der Waals surface area contributed by atoms with Crippen LogP contribution >= 0.6 is 0 Å². The summed E-state index contributed by atoms with van der Waals surface area (Å²) in [5.74, 6) is -0.209. The highest BCUT2D eigenvalue weighted by Gasteiger charge is 2.44. The van der Waals surface area contributed by atoms with Gasteiger partial charge in [0.15, 0.2) is 6.29 Å². The third-order valence-electron chi connectivity index (χ3n) is 14.5. The Labute approximate surface area is 465 Å². The maximum Gasteiger partial charge on any atom is 0.305 e. The van der Waals surface area contributed by atoms with Gasteiger partial charge >= 0.3 is 5.97 Å². The number of nitrogens with one attached hydrogen (secondary N) is 1. The van der Waals surface area contributed by atoms with E-state index >= 15 is 0 Å². The second-order valence-electron chi connectivity index (χ2n) is 21.7. The molecule has 1 aliphatic rings. The van der Waals surface area contributed by atoms with Crippen molar-refractivity contribution in [2.24, 2.45) is 0 Å². The number of allylic oxidation sites excluding steroid dienone is 9.